The molecule has 6 heteroatoms. The summed E-state index contributed by atoms with van der Waals surface area (Å²) in [7, 11) is -0.890. The predicted octanol–water partition coefficient (Wildman–Crippen LogP) is 3.02. The Kier molecular flexibility index (Phi) is 4.39. The molecule has 4 nitrogen and oxygen atoms in total. The van der Waals surface area contributed by atoms with E-state index in [1.165, 1.54) is 0 Å². The van der Waals surface area contributed by atoms with E-state index < -0.39 is 10.8 Å². The summed E-state index contributed by atoms with van der Waals surface area (Å²) in [5.41, 5.74) is 1.64. The highest BCUT2D eigenvalue weighted by atomic mass is 35.5. The molecule has 1 unspecified atom stereocenters. The van der Waals surface area contributed by atoms with Gasteiger partial charge in [0.2, 0.25) is 0 Å². The molecule has 1 heterocycles. The van der Waals surface area contributed by atoms with Crippen LogP contribution in [-0.4, -0.2) is 38.7 Å². The number of urea groups is 1. The Labute approximate surface area is 126 Å². The number of hydrogen-bond donors (Lipinski definition) is 1. The Hall–Kier alpha value is -1.07. The molecule has 0 radical (unpaired) electrons. The number of rotatable bonds is 1. The number of hydrogen-bond acceptors (Lipinski definition) is 2. The van der Waals surface area contributed by atoms with E-state index in [-0.39, 0.29) is 10.8 Å². The van der Waals surface area contributed by atoms with E-state index >= 15 is 0 Å². The fourth-order valence-corrected chi connectivity index (χ4v) is 3.59. The summed E-state index contributed by atoms with van der Waals surface area (Å²) in [4.78, 5) is 14.0. The molecule has 1 aromatic rings. The number of nitrogens with one attached hydrogen (secondary N) is 1. The number of carbonyl (C=O) groups is 1. The van der Waals surface area contributed by atoms with E-state index in [9.17, 15) is 9.00 Å². The summed E-state index contributed by atoms with van der Waals surface area (Å²) in [6.45, 7) is 6.77. The number of aryl methyl sites for hydroxylation is 1. The van der Waals surface area contributed by atoms with Crippen LogP contribution in [0.4, 0.5) is 10.5 Å². The molecule has 1 aliphatic rings. The Morgan fingerprint density at radius 2 is 2.15 bits per heavy atom. The SMILES string of the molecule is Cc1ccc(Cl)c(NC(=O)N2CCS(=O)C(C)(C)C2)c1. The average molecular weight is 315 g/mol. The quantitative estimate of drug-likeness (QED) is 0.866. The van der Waals surface area contributed by atoms with Crippen LogP contribution in [0.15, 0.2) is 18.2 Å². The van der Waals surface area contributed by atoms with Crippen molar-refractivity contribution in [3.8, 4) is 0 Å². The predicted molar refractivity (Wildman–Crippen MR) is 83.9 cm³/mol. The highest BCUT2D eigenvalue weighted by Crippen LogP contribution is 2.25. The van der Waals surface area contributed by atoms with Gasteiger partial charge in [0.25, 0.3) is 0 Å². The minimum atomic E-state index is -0.890. The Morgan fingerprint density at radius 3 is 2.80 bits per heavy atom. The highest BCUT2D eigenvalue weighted by molar-refractivity contribution is 7.86. The molecule has 0 bridgehead atoms. The molecule has 20 heavy (non-hydrogen) atoms. The van der Waals surface area contributed by atoms with Crippen LogP contribution in [0.3, 0.4) is 0 Å². The lowest BCUT2D eigenvalue weighted by Gasteiger charge is -2.37. The lowest BCUT2D eigenvalue weighted by Crippen LogP contribution is -2.53. The van der Waals surface area contributed by atoms with E-state index in [1.54, 1.807) is 11.0 Å². The third-order valence-corrected chi connectivity index (χ3v) is 5.63. The van der Waals surface area contributed by atoms with Crippen molar-refractivity contribution in [3.05, 3.63) is 28.8 Å². The molecule has 1 fully saturated rings. The van der Waals surface area contributed by atoms with Gasteiger partial charge in [-0.3, -0.25) is 4.21 Å². The zero-order chi connectivity index (χ0) is 14.9. The summed E-state index contributed by atoms with van der Waals surface area (Å²) >= 11 is 6.08. The summed E-state index contributed by atoms with van der Waals surface area (Å²) in [5, 5.41) is 3.35. The van der Waals surface area contributed by atoms with Crippen LogP contribution in [0.2, 0.25) is 5.02 Å². The number of benzene rings is 1. The number of carbonyl (C=O) groups excluding carboxylic acids is 1. The zero-order valence-corrected chi connectivity index (χ0v) is 13.5. The lowest BCUT2D eigenvalue weighted by molar-refractivity contribution is 0.207. The molecular weight excluding hydrogens is 296 g/mol. The maximum atomic E-state index is 12.3. The zero-order valence-electron chi connectivity index (χ0n) is 11.9. The second-order valence-corrected chi connectivity index (χ2v) is 8.26. The number of nitrogens with zero attached hydrogens (tertiary/aromatic N) is 1. The first-order valence-electron chi connectivity index (χ1n) is 6.50. The molecular formula is C14H19ClN2O2S. The molecule has 1 N–H and O–H groups in total. The fourth-order valence-electron chi connectivity index (χ4n) is 2.18. The maximum absolute atomic E-state index is 12.3. The van der Waals surface area contributed by atoms with E-state index in [0.717, 1.165) is 5.56 Å². The molecule has 1 atom stereocenters. The second-order valence-electron chi connectivity index (χ2n) is 5.64. The number of anilines is 1. The molecule has 1 aliphatic heterocycles. The van der Waals surface area contributed by atoms with Crippen LogP contribution in [0.1, 0.15) is 19.4 Å². The number of amides is 2. The average Bonchev–Trinajstić information content (AvgIpc) is 2.37. The van der Waals surface area contributed by atoms with Crippen molar-refractivity contribution in [3.63, 3.8) is 0 Å². The van der Waals surface area contributed by atoms with Crippen molar-refractivity contribution in [2.24, 2.45) is 0 Å². The van der Waals surface area contributed by atoms with Gasteiger partial charge in [0.1, 0.15) is 0 Å². The monoisotopic (exact) mass is 314 g/mol. The second kappa shape index (κ2) is 5.74. The van der Waals surface area contributed by atoms with Gasteiger partial charge in [0.15, 0.2) is 0 Å². The smallest absolute Gasteiger partial charge is 0.321 e. The summed E-state index contributed by atoms with van der Waals surface area (Å²) in [6, 6.07) is 5.31. The minimum absolute atomic E-state index is 0.192. The first-order chi connectivity index (χ1) is 9.29. The largest absolute Gasteiger partial charge is 0.322 e. The molecule has 1 saturated heterocycles. The van der Waals surface area contributed by atoms with Crippen LogP contribution in [0, 0.1) is 6.92 Å². The van der Waals surface area contributed by atoms with Gasteiger partial charge in [-0.1, -0.05) is 17.7 Å². The molecule has 0 aliphatic carbocycles. The van der Waals surface area contributed by atoms with Gasteiger partial charge in [-0.15, -0.1) is 0 Å². The summed E-state index contributed by atoms with van der Waals surface area (Å²) in [5.74, 6) is 0.516. The fraction of sp³-hybridized carbons (Fsp3) is 0.500. The topological polar surface area (TPSA) is 49.4 Å². The Balaban J connectivity index is 2.09. The lowest BCUT2D eigenvalue weighted by atomic mass is 10.2. The summed E-state index contributed by atoms with van der Waals surface area (Å²) in [6.07, 6.45) is 0. The Morgan fingerprint density at radius 1 is 1.45 bits per heavy atom. The first-order valence-corrected chi connectivity index (χ1v) is 8.20. The van der Waals surface area contributed by atoms with Gasteiger partial charge in [-0.05, 0) is 38.5 Å². The molecule has 2 amide bonds. The van der Waals surface area contributed by atoms with E-state index in [0.29, 0.717) is 29.6 Å². The van der Waals surface area contributed by atoms with Crippen LogP contribution >= 0.6 is 11.6 Å². The van der Waals surface area contributed by atoms with Gasteiger partial charge in [0.05, 0.1) is 15.5 Å². The van der Waals surface area contributed by atoms with Crippen LogP contribution < -0.4 is 5.32 Å². The van der Waals surface area contributed by atoms with E-state index in [1.807, 2.05) is 32.9 Å². The highest BCUT2D eigenvalue weighted by Gasteiger charge is 2.35. The first kappa shape index (κ1) is 15.3. The van der Waals surface area contributed by atoms with Crippen molar-refractivity contribution < 1.29 is 9.00 Å². The van der Waals surface area contributed by atoms with Gasteiger partial charge in [0, 0.05) is 29.6 Å². The van der Waals surface area contributed by atoms with Crippen molar-refractivity contribution in [2.75, 3.05) is 24.2 Å². The van der Waals surface area contributed by atoms with Crippen molar-refractivity contribution in [2.45, 2.75) is 25.5 Å². The van der Waals surface area contributed by atoms with Gasteiger partial charge < -0.3 is 10.2 Å². The van der Waals surface area contributed by atoms with E-state index in [2.05, 4.69) is 5.32 Å². The van der Waals surface area contributed by atoms with E-state index in [4.69, 9.17) is 11.6 Å². The van der Waals surface area contributed by atoms with Crippen molar-refractivity contribution in [1.82, 2.24) is 4.90 Å². The van der Waals surface area contributed by atoms with Crippen LogP contribution in [0.25, 0.3) is 0 Å². The maximum Gasteiger partial charge on any atom is 0.321 e. The molecule has 0 saturated carbocycles. The van der Waals surface area contributed by atoms with Gasteiger partial charge in [-0.25, -0.2) is 4.79 Å². The van der Waals surface area contributed by atoms with Crippen molar-refractivity contribution in [1.29, 1.82) is 0 Å². The molecule has 2 rings (SSSR count). The van der Waals surface area contributed by atoms with Crippen LogP contribution in [0.5, 0.6) is 0 Å². The molecule has 0 aromatic heterocycles. The third-order valence-electron chi connectivity index (χ3n) is 3.39. The number of halogens is 1. The molecule has 1 aromatic carbocycles. The summed E-state index contributed by atoms with van der Waals surface area (Å²) < 4.78 is 11.5. The standard InChI is InChI=1S/C14H19ClN2O2S/c1-10-4-5-11(15)12(8-10)16-13(18)17-6-7-20(19)14(2,3)9-17/h4-5,8H,6-7,9H2,1-3H3,(H,16,18). The third kappa shape index (κ3) is 3.33. The normalized spacial score (nSPS) is 21.6. The van der Waals surface area contributed by atoms with Crippen molar-refractivity contribution >= 4 is 34.1 Å². The minimum Gasteiger partial charge on any atom is -0.322 e. The van der Waals surface area contributed by atoms with Crippen LogP contribution in [-0.2, 0) is 10.8 Å². The molecule has 110 valence electrons. The van der Waals surface area contributed by atoms with Gasteiger partial charge in [-0.2, -0.15) is 0 Å². The van der Waals surface area contributed by atoms with Gasteiger partial charge >= 0.3 is 6.03 Å². The molecule has 0 spiro atoms. The Bertz CT molecular complexity index is 560.